The van der Waals surface area contributed by atoms with Gasteiger partial charge in [0.25, 0.3) is 0 Å². The van der Waals surface area contributed by atoms with Gasteiger partial charge in [-0.2, -0.15) is 0 Å². The third-order valence-corrected chi connectivity index (χ3v) is 4.60. The van der Waals surface area contributed by atoms with Crippen molar-refractivity contribution in [1.29, 1.82) is 0 Å². The van der Waals surface area contributed by atoms with E-state index in [1.54, 1.807) is 0 Å². The molecule has 18 heavy (non-hydrogen) atoms. The minimum atomic E-state index is 0.648. The van der Waals surface area contributed by atoms with E-state index in [0.29, 0.717) is 12.1 Å². The van der Waals surface area contributed by atoms with Crippen LogP contribution in [0.5, 0.6) is 0 Å². The Hall–Kier alpha value is -0.120. The number of piperidine rings is 1. The average Bonchev–Trinajstić information content (AvgIpc) is 2.38. The van der Waals surface area contributed by atoms with E-state index >= 15 is 0 Å². The van der Waals surface area contributed by atoms with Gasteiger partial charge in [-0.15, -0.1) is 0 Å². The molecule has 1 aliphatic heterocycles. The molecular formula is C15H33N3. The molecule has 1 unspecified atom stereocenters. The molecule has 1 N–H and O–H groups in total. The lowest BCUT2D eigenvalue weighted by atomic mass is 9.90. The van der Waals surface area contributed by atoms with Crippen molar-refractivity contribution in [3.05, 3.63) is 0 Å². The number of likely N-dealkylation sites (tertiary alicyclic amines) is 1. The first kappa shape index (κ1) is 15.9. The second-order valence-electron chi connectivity index (χ2n) is 6.09. The van der Waals surface area contributed by atoms with E-state index in [9.17, 15) is 0 Å². The van der Waals surface area contributed by atoms with Gasteiger partial charge in [0.1, 0.15) is 0 Å². The molecule has 1 rings (SSSR count). The Kier molecular flexibility index (Phi) is 7.20. The molecule has 3 heteroatoms. The molecule has 0 aromatic carbocycles. The van der Waals surface area contributed by atoms with Crippen LogP contribution in [0.2, 0.25) is 0 Å². The molecule has 0 spiro atoms. The number of hydrogen-bond acceptors (Lipinski definition) is 3. The summed E-state index contributed by atoms with van der Waals surface area (Å²) >= 11 is 0. The highest BCUT2D eigenvalue weighted by Gasteiger charge is 2.22. The smallest absolute Gasteiger partial charge is 0.0107 e. The van der Waals surface area contributed by atoms with Crippen molar-refractivity contribution >= 4 is 0 Å². The van der Waals surface area contributed by atoms with Crippen molar-refractivity contribution in [2.75, 3.05) is 39.8 Å². The lowest BCUT2D eigenvalue weighted by molar-refractivity contribution is 0.166. The van der Waals surface area contributed by atoms with Crippen molar-refractivity contribution in [3.8, 4) is 0 Å². The van der Waals surface area contributed by atoms with Gasteiger partial charge in [0, 0.05) is 25.2 Å². The summed E-state index contributed by atoms with van der Waals surface area (Å²) in [6, 6.07) is 1.32. The molecule has 1 aliphatic rings. The van der Waals surface area contributed by atoms with E-state index in [-0.39, 0.29) is 0 Å². The molecule has 0 saturated carbocycles. The highest BCUT2D eigenvalue weighted by molar-refractivity contribution is 4.79. The summed E-state index contributed by atoms with van der Waals surface area (Å²) in [6.45, 7) is 15.2. The van der Waals surface area contributed by atoms with Crippen LogP contribution in [0.4, 0.5) is 0 Å². The third kappa shape index (κ3) is 5.25. The highest BCUT2D eigenvalue weighted by Crippen LogP contribution is 2.20. The number of nitrogens with one attached hydrogen (secondary N) is 1. The Morgan fingerprint density at radius 1 is 1.22 bits per heavy atom. The second-order valence-corrected chi connectivity index (χ2v) is 6.09. The van der Waals surface area contributed by atoms with Gasteiger partial charge in [-0.05, 0) is 66.2 Å². The first-order valence-electron chi connectivity index (χ1n) is 7.70. The molecule has 1 atom stereocenters. The van der Waals surface area contributed by atoms with Crippen LogP contribution in [-0.4, -0.2) is 61.7 Å². The zero-order valence-electron chi connectivity index (χ0n) is 13.1. The Balaban J connectivity index is 2.15. The predicted molar refractivity (Wildman–Crippen MR) is 80.1 cm³/mol. The fourth-order valence-electron chi connectivity index (χ4n) is 2.66. The van der Waals surface area contributed by atoms with Gasteiger partial charge in [0.05, 0.1) is 0 Å². The lowest BCUT2D eigenvalue weighted by Gasteiger charge is -2.35. The van der Waals surface area contributed by atoms with Crippen LogP contribution in [0.15, 0.2) is 0 Å². The molecule has 0 aromatic heterocycles. The summed E-state index contributed by atoms with van der Waals surface area (Å²) < 4.78 is 0. The Morgan fingerprint density at radius 2 is 1.83 bits per heavy atom. The van der Waals surface area contributed by atoms with E-state index in [1.165, 1.54) is 32.5 Å². The SMILES string of the molecule is CCN1CCC(C(C)NCCN(C)C(C)C)CC1. The maximum absolute atomic E-state index is 3.71. The first-order valence-corrected chi connectivity index (χ1v) is 7.70. The van der Waals surface area contributed by atoms with Crippen LogP contribution in [0.3, 0.4) is 0 Å². The second kappa shape index (κ2) is 8.13. The van der Waals surface area contributed by atoms with Crippen LogP contribution >= 0.6 is 0 Å². The molecule has 0 aromatic rings. The van der Waals surface area contributed by atoms with Crippen molar-refractivity contribution < 1.29 is 0 Å². The summed E-state index contributed by atoms with van der Waals surface area (Å²) in [5, 5.41) is 3.71. The van der Waals surface area contributed by atoms with E-state index in [2.05, 4.69) is 49.9 Å². The molecule has 0 amide bonds. The van der Waals surface area contributed by atoms with Crippen molar-refractivity contribution in [2.45, 2.75) is 52.6 Å². The van der Waals surface area contributed by atoms with Crippen LogP contribution in [-0.2, 0) is 0 Å². The van der Waals surface area contributed by atoms with Crippen molar-refractivity contribution in [3.63, 3.8) is 0 Å². The van der Waals surface area contributed by atoms with E-state index in [0.717, 1.165) is 19.0 Å². The fraction of sp³-hybridized carbons (Fsp3) is 1.00. The molecule has 1 fully saturated rings. The Bertz CT molecular complexity index is 210. The topological polar surface area (TPSA) is 18.5 Å². The van der Waals surface area contributed by atoms with Crippen LogP contribution in [0, 0.1) is 5.92 Å². The summed E-state index contributed by atoms with van der Waals surface area (Å²) in [5.41, 5.74) is 0. The average molecular weight is 255 g/mol. The van der Waals surface area contributed by atoms with Gasteiger partial charge < -0.3 is 15.1 Å². The molecule has 108 valence electrons. The predicted octanol–water partition coefficient (Wildman–Crippen LogP) is 2.04. The normalized spacial score (nSPS) is 20.8. The van der Waals surface area contributed by atoms with Crippen molar-refractivity contribution in [2.24, 2.45) is 5.92 Å². The number of likely N-dealkylation sites (N-methyl/N-ethyl adjacent to an activating group) is 1. The summed E-state index contributed by atoms with van der Waals surface area (Å²) in [6.07, 6.45) is 2.73. The molecule has 1 heterocycles. The van der Waals surface area contributed by atoms with Gasteiger partial charge in [-0.3, -0.25) is 0 Å². The van der Waals surface area contributed by atoms with Crippen molar-refractivity contribution in [1.82, 2.24) is 15.1 Å². The van der Waals surface area contributed by atoms with Gasteiger partial charge in [0.15, 0.2) is 0 Å². The van der Waals surface area contributed by atoms with E-state index in [4.69, 9.17) is 0 Å². The fourth-order valence-corrected chi connectivity index (χ4v) is 2.66. The Labute approximate surface area is 114 Å². The van der Waals surface area contributed by atoms with Gasteiger partial charge in [-0.25, -0.2) is 0 Å². The molecule has 0 bridgehead atoms. The summed E-state index contributed by atoms with van der Waals surface area (Å²) in [7, 11) is 2.21. The third-order valence-electron chi connectivity index (χ3n) is 4.60. The van der Waals surface area contributed by atoms with E-state index < -0.39 is 0 Å². The monoisotopic (exact) mass is 255 g/mol. The minimum absolute atomic E-state index is 0.648. The van der Waals surface area contributed by atoms with Gasteiger partial charge >= 0.3 is 0 Å². The Morgan fingerprint density at radius 3 is 2.33 bits per heavy atom. The van der Waals surface area contributed by atoms with Crippen LogP contribution in [0.25, 0.3) is 0 Å². The molecule has 0 radical (unpaired) electrons. The molecular weight excluding hydrogens is 222 g/mol. The number of rotatable bonds is 7. The van der Waals surface area contributed by atoms with E-state index in [1.807, 2.05) is 0 Å². The maximum Gasteiger partial charge on any atom is 0.0107 e. The maximum atomic E-state index is 3.71. The molecule has 1 saturated heterocycles. The van der Waals surface area contributed by atoms with Gasteiger partial charge in [-0.1, -0.05) is 6.92 Å². The number of hydrogen-bond donors (Lipinski definition) is 1. The summed E-state index contributed by atoms with van der Waals surface area (Å²) in [4.78, 5) is 4.97. The quantitative estimate of drug-likeness (QED) is 0.751. The zero-order valence-corrected chi connectivity index (χ0v) is 13.1. The number of nitrogens with zero attached hydrogens (tertiary/aromatic N) is 2. The lowest BCUT2D eigenvalue weighted by Crippen LogP contribution is -2.44. The van der Waals surface area contributed by atoms with Crippen LogP contribution in [0.1, 0.15) is 40.5 Å². The largest absolute Gasteiger partial charge is 0.313 e. The van der Waals surface area contributed by atoms with Crippen LogP contribution < -0.4 is 5.32 Å². The highest BCUT2D eigenvalue weighted by atomic mass is 15.1. The standard InChI is InChI=1S/C15H33N3/c1-6-18-10-7-15(8-11-18)14(4)16-9-12-17(5)13(2)3/h13-16H,6-12H2,1-5H3. The first-order chi connectivity index (χ1) is 8.54. The summed E-state index contributed by atoms with van der Waals surface area (Å²) in [5.74, 6) is 0.872. The zero-order chi connectivity index (χ0) is 13.5. The molecule has 3 nitrogen and oxygen atoms in total. The van der Waals surface area contributed by atoms with Gasteiger partial charge in [0.2, 0.25) is 0 Å². The minimum Gasteiger partial charge on any atom is -0.313 e. The molecule has 0 aliphatic carbocycles.